The number of sulfonamides is 1. The molecule has 2 heterocycles. The van der Waals surface area contributed by atoms with Crippen LogP contribution in [0.5, 0.6) is 5.75 Å². The maximum absolute atomic E-state index is 12.9. The summed E-state index contributed by atoms with van der Waals surface area (Å²) in [6.45, 7) is 10.0. The second-order valence-corrected chi connectivity index (χ2v) is 9.72. The number of carbonyl (C=O) groups is 1. The fourth-order valence-corrected chi connectivity index (χ4v) is 5.48. The Hall–Kier alpha value is -1.68. The third-order valence-electron chi connectivity index (χ3n) is 5.38. The average molecular weight is 427 g/mol. The predicted molar refractivity (Wildman–Crippen MR) is 109 cm³/mol. The Labute approximate surface area is 173 Å². The number of carbonyl (C=O) groups excluding carboxylic acids is 1. The fourth-order valence-electron chi connectivity index (χ4n) is 4.06. The van der Waals surface area contributed by atoms with Crippen LogP contribution in [0.1, 0.15) is 20.8 Å². The molecule has 2 aliphatic rings. The number of ether oxygens (including phenoxy) is 2. The van der Waals surface area contributed by atoms with Gasteiger partial charge in [-0.05, 0) is 45.0 Å². The molecule has 0 bridgehead atoms. The highest BCUT2D eigenvalue weighted by Gasteiger charge is 2.33. The average Bonchev–Trinajstić information content (AvgIpc) is 2.68. The van der Waals surface area contributed by atoms with Gasteiger partial charge in [-0.1, -0.05) is 0 Å². The molecule has 0 saturated carbocycles. The summed E-state index contributed by atoms with van der Waals surface area (Å²) in [4.78, 5) is 15.9. The monoisotopic (exact) mass is 426 g/mol. The van der Waals surface area contributed by atoms with Crippen LogP contribution in [0, 0.1) is 0 Å². The summed E-state index contributed by atoms with van der Waals surface area (Å²) in [5, 5.41) is 0. The molecular weight excluding hydrogens is 394 g/mol. The number of quaternary nitrogens is 1. The first-order valence-electron chi connectivity index (χ1n) is 10.3. The molecule has 1 N–H and O–H groups in total. The molecule has 3 atom stereocenters. The molecule has 162 valence electrons. The van der Waals surface area contributed by atoms with Crippen molar-refractivity contribution in [2.24, 2.45) is 0 Å². The van der Waals surface area contributed by atoms with Gasteiger partial charge in [0, 0.05) is 26.2 Å². The Bertz CT molecular complexity index is 781. The van der Waals surface area contributed by atoms with Crippen LogP contribution in [-0.2, 0) is 19.6 Å². The van der Waals surface area contributed by atoms with Crippen LogP contribution in [0.3, 0.4) is 0 Å². The van der Waals surface area contributed by atoms with Gasteiger partial charge in [-0.3, -0.25) is 4.79 Å². The van der Waals surface area contributed by atoms with Gasteiger partial charge >= 0.3 is 0 Å². The van der Waals surface area contributed by atoms with Crippen molar-refractivity contribution in [3.05, 3.63) is 24.3 Å². The van der Waals surface area contributed by atoms with Gasteiger partial charge in [0.1, 0.15) is 31.0 Å². The van der Waals surface area contributed by atoms with E-state index in [1.165, 1.54) is 9.21 Å². The van der Waals surface area contributed by atoms with Crippen LogP contribution < -0.4 is 9.64 Å². The summed E-state index contributed by atoms with van der Waals surface area (Å²) in [6.07, 6.45) is 0.301. The number of morpholine rings is 1. The number of benzene rings is 1. The molecule has 0 spiro atoms. The smallest absolute Gasteiger partial charge is 0.277 e. The molecule has 0 radical (unpaired) electrons. The SMILES string of the molecule is CCOc1ccc(S(=O)(=O)N2CCN(C(=O)C[NH+]3C[C@@H](C)O[C@@H](C)C3)CC2)cc1. The molecular formula is C20H32N3O5S+. The normalized spacial score (nSPS) is 26.3. The third-order valence-corrected chi connectivity index (χ3v) is 7.29. The lowest BCUT2D eigenvalue weighted by atomic mass is 10.2. The van der Waals surface area contributed by atoms with Gasteiger partial charge in [0.25, 0.3) is 5.91 Å². The number of nitrogens with zero attached hydrogens (tertiary/aromatic N) is 2. The highest BCUT2D eigenvalue weighted by molar-refractivity contribution is 7.89. The van der Waals surface area contributed by atoms with Gasteiger partial charge < -0.3 is 19.3 Å². The summed E-state index contributed by atoms with van der Waals surface area (Å²) in [7, 11) is -3.57. The Morgan fingerprint density at radius 3 is 2.24 bits per heavy atom. The maximum atomic E-state index is 12.9. The molecule has 1 aromatic carbocycles. The van der Waals surface area contributed by atoms with E-state index in [0.717, 1.165) is 13.1 Å². The predicted octanol–water partition coefficient (Wildman–Crippen LogP) is -0.390. The molecule has 0 aliphatic carbocycles. The van der Waals surface area contributed by atoms with E-state index in [9.17, 15) is 13.2 Å². The van der Waals surface area contributed by atoms with Gasteiger partial charge in [-0.25, -0.2) is 8.42 Å². The van der Waals surface area contributed by atoms with Crippen LogP contribution >= 0.6 is 0 Å². The first-order valence-corrected chi connectivity index (χ1v) is 11.7. The topological polar surface area (TPSA) is 80.6 Å². The second kappa shape index (κ2) is 9.42. The van der Waals surface area contributed by atoms with Crippen LogP contribution in [-0.4, -0.2) is 88.2 Å². The van der Waals surface area contributed by atoms with Gasteiger partial charge in [0.15, 0.2) is 6.54 Å². The number of piperazine rings is 1. The third kappa shape index (κ3) is 5.48. The summed E-state index contributed by atoms with van der Waals surface area (Å²) < 4.78 is 38.3. The zero-order valence-corrected chi connectivity index (χ0v) is 18.3. The molecule has 3 rings (SSSR count). The minimum absolute atomic E-state index is 0.0828. The van der Waals surface area contributed by atoms with E-state index in [-0.39, 0.29) is 23.0 Å². The van der Waals surface area contributed by atoms with Gasteiger partial charge in [0.05, 0.1) is 11.5 Å². The molecule has 0 aromatic heterocycles. The van der Waals surface area contributed by atoms with Gasteiger partial charge in [-0.15, -0.1) is 0 Å². The summed E-state index contributed by atoms with van der Waals surface area (Å²) in [5.74, 6) is 0.732. The Balaban J connectivity index is 1.54. The second-order valence-electron chi connectivity index (χ2n) is 7.78. The molecule has 1 aromatic rings. The molecule has 1 unspecified atom stereocenters. The Kier molecular flexibility index (Phi) is 7.15. The first kappa shape index (κ1) is 22.0. The highest BCUT2D eigenvalue weighted by Crippen LogP contribution is 2.21. The Morgan fingerprint density at radius 2 is 1.69 bits per heavy atom. The summed E-state index contributed by atoms with van der Waals surface area (Å²) >= 11 is 0. The lowest BCUT2D eigenvalue weighted by Crippen LogP contribution is -3.16. The highest BCUT2D eigenvalue weighted by atomic mass is 32.2. The number of rotatable bonds is 6. The minimum Gasteiger partial charge on any atom is -0.494 e. The van der Waals surface area contributed by atoms with E-state index in [1.54, 1.807) is 29.2 Å². The zero-order chi connectivity index (χ0) is 21.0. The molecule has 2 fully saturated rings. The zero-order valence-electron chi connectivity index (χ0n) is 17.5. The first-order chi connectivity index (χ1) is 13.8. The molecule has 29 heavy (non-hydrogen) atoms. The van der Waals surface area contributed by atoms with E-state index in [4.69, 9.17) is 9.47 Å². The summed E-state index contributed by atoms with van der Waals surface area (Å²) in [5.41, 5.74) is 0. The quantitative estimate of drug-likeness (QED) is 0.670. The lowest BCUT2D eigenvalue weighted by Gasteiger charge is -2.36. The maximum Gasteiger partial charge on any atom is 0.277 e. The molecule has 8 nitrogen and oxygen atoms in total. The van der Waals surface area contributed by atoms with Crippen LogP contribution in [0.4, 0.5) is 0 Å². The van der Waals surface area contributed by atoms with E-state index < -0.39 is 10.0 Å². The number of hydrogen-bond donors (Lipinski definition) is 1. The minimum atomic E-state index is -3.57. The standard InChI is InChI=1S/C20H31N3O5S/c1-4-27-18-5-7-19(8-6-18)29(25,26)23-11-9-22(10-12-23)20(24)15-21-13-16(2)28-17(3)14-21/h5-8,16-17H,4,9-15H2,1-3H3/p+1/t16-,17+. The molecule has 1 amide bonds. The molecule has 2 aliphatic heterocycles. The van der Waals surface area contributed by atoms with Crippen LogP contribution in [0.2, 0.25) is 0 Å². The van der Waals surface area contributed by atoms with E-state index in [2.05, 4.69) is 0 Å². The van der Waals surface area contributed by atoms with Gasteiger partial charge in [0.2, 0.25) is 10.0 Å². The number of hydrogen-bond acceptors (Lipinski definition) is 5. The summed E-state index contributed by atoms with van der Waals surface area (Å²) in [6, 6.07) is 6.48. The molecule has 2 saturated heterocycles. The fraction of sp³-hybridized carbons (Fsp3) is 0.650. The van der Waals surface area contributed by atoms with Crippen LogP contribution in [0.15, 0.2) is 29.2 Å². The Morgan fingerprint density at radius 1 is 1.10 bits per heavy atom. The van der Waals surface area contributed by atoms with Gasteiger partial charge in [-0.2, -0.15) is 4.31 Å². The number of amides is 1. The van der Waals surface area contributed by atoms with Crippen molar-refractivity contribution in [1.82, 2.24) is 9.21 Å². The van der Waals surface area contributed by atoms with Crippen LogP contribution in [0.25, 0.3) is 0 Å². The van der Waals surface area contributed by atoms with Crippen molar-refractivity contribution in [1.29, 1.82) is 0 Å². The van der Waals surface area contributed by atoms with Crippen molar-refractivity contribution in [3.63, 3.8) is 0 Å². The lowest BCUT2D eigenvalue weighted by molar-refractivity contribution is -0.907. The molecule has 9 heteroatoms. The van der Waals surface area contributed by atoms with E-state index in [1.807, 2.05) is 20.8 Å². The van der Waals surface area contributed by atoms with Crippen molar-refractivity contribution in [2.75, 3.05) is 52.4 Å². The van der Waals surface area contributed by atoms with E-state index in [0.29, 0.717) is 45.1 Å². The van der Waals surface area contributed by atoms with Crippen molar-refractivity contribution in [2.45, 2.75) is 37.9 Å². The number of nitrogens with one attached hydrogen (secondary N) is 1. The van der Waals surface area contributed by atoms with Crippen molar-refractivity contribution >= 4 is 15.9 Å². The van der Waals surface area contributed by atoms with Crippen molar-refractivity contribution in [3.8, 4) is 5.75 Å². The largest absolute Gasteiger partial charge is 0.494 e. The van der Waals surface area contributed by atoms with Crippen molar-refractivity contribution < 1.29 is 27.6 Å². The van der Waals surface area contributed by atoms with E-state index >= 15 is 0 Å².